The van der Waals surface area contributed by atoms with E-state index in [9.17, 15) is 0 Å². The average molecular weight is 240 g/mol. The van der Waals surface area contributed by atoms with Crippen LogP contribution >= 0.6 is 0 Å². The van der Waals surface area contributed by atoms with Crippen molar-refractivity contribution >= 4 is 0 Å². The second kappa shape index (κ2) is 7.38. The van der Waals surface area contributed by atoms with Gasteiger partial charge in [-0.05, 0) is 31.3 Å². The molecule has 0 aromatic rings. The fourth-order valence-corrected chi connectivity index (χ4v) is 2.61. The summed E-state index contributed by atoms with van der Waals surface area (Å²) in [5, 5.41) is 3.58. The van der Waals surface area contributed by atoms with Gasteiger partial charge in [-0.15, -0.1) is 0 Å². The van der Waals surface area contributed by atoms with Crippen LogP contribution in [0.25, 0.3) is 0 Å². The molecule has 2 nitrogen and oxygen atoms in total. The standard InChI is InChI=1S/C15H32N2/c1-14(2)16-12-15(3,4)13-17-10-8-6-5-7-9-11-17/h14,16H,5-13H2,1-4H3. The molecule has 1 aliphatic heterocycles. The minimum atomic E-state index is 0.392. The predicted molar refractivity (Wildman–Crippen MR) is 76.4 cm³/mol. The summed E-state index contributed by atoms with van der Waals surface area (Å²) < 4.78 is 0. The maximum atomic E-state index is 3.58. The van der Waals surface area contributed by atoms with Crippen LogP contribution in [0.1, 0.15) is 59.8 Å². The summed E-state index contributed by atoms with van der Waals surface area (Å²) in [6.45, 7) is 14.2. The average Bonchev–Trinajstić information content (AvgIpc) is 2.19. The largest absolute Gasteiger partial charge is 0.314 e. The Morgan fingerprint density at radius 2 is 1.53 bits per heavy atom. The van der Waals surface area contributed by atoms with Gasteiger partial charge in [-0.1, -0.05) is 47.0 Å². The van der Waals surface area contributed by atoms with Crippen molar-refractivity contribution in [2.75, 3.05) is 26.2 Å². The summed E-state index contributed by atoms with van der Waals surface area (Å²) in [6.07, 6.45) is 7.11. The lowest BCUT2D eigenvalue weighted by Crippen LogP contribution is -2.43. The Morgan fingerprint density at radius 3 is 2.06 bits per heavy atom. The van der Waals surface area contributed by atoms with Crippen molar-refractivity contribution < 1.29 is 0 Å². The second-order valence-electron chi connectivity index (χ2n) is 6.74. The third-order valence-corrected chi connectivity index (χ3v) is 3.59. The van der Waals surface area contributed by atoms with Gasteiger partial charge < -0.3 is 10.2 Å². The molecule has 1 N–H and O–H groups in total. The number of nitrogens with one attached hydrogen (secondary N) is 1. The third-order valence-electron chi connectivity index (χ3n) is 3.59. The van der Waals surface area contributed by atoms with Gasteiger partial charge in [0.15, 0.2) is 0 Å². The minimum absolute atomic E-state index is 0.392. The van der Waals surface area contributed by atoms with Gasteiger partial charge in [0.1, 0.15) is 0 Å². The number of hydrogen-bond donors (Lipinski definition) is 1. The van der Waals surface area contributed by atoms with E-state index in [0.29, 0.717) is 11.5 Å². The maximum Gasteiger partial charge on any atom is 0.00448 e. The Kier molecular flexibility index (Phi) is 6.50. The van der Waals surface area contributed by atoms with E-state index in [4.69, 9.17) is 0 Å². The summed E-state index contributed by atoms with van der Waals surface area (Å²) in [5.74, 6) is 0. The lowest BCUT2D eigenvalue weighted by atomic mass is 9.91. The van der Waals surface area contributed by atoms with E-state index in [1.165, 1.54) is 51.7 Å². The van der Waals surface area contributed by atoms with Crippen molar-refractivity contribution in [3.8, 4) is 0 Å². The zero-order chi connectivity index (χ0) is 12.7. The van der Waals surface area contributed by atoms with E-state index in [1.54, 1.807) is 0 Å². The maximum absolute atomic E-state index is 3.58. The van der Waals surface area contributed by atoms with Gasteiger partial charge in [0.05, 0.1) is 0 Å². The molecule has 0 atom stereocenters. The van der Waals surface area contributed by atoms with E-state index in [0.717, 1.165) is 6.54 Å². The minimum Gasteiger partial charge on any atom is -0.314 e. The molecule has 0 aromatic heterocycles. The highest BCUT2D eigenvalue weighted by Gasteiger charge is 2.22. The van der Waals surface area contributed by atoms with E-state index in [-0.39, 0.29) is 0 Å². The quantitative estimate of drug-likeness (QED) is 0.793. The first-order valence-electron chi connectivity index (χ1n) is 7.45. The highest BCUT2D eigenvalue weighted by molar-refractivity contribution is 4.78. The van der Waals surface area contributed by atoms with Crippen LogP contribution in [-0.4, -0.2) is 37.1 Å². The highest BCUT2D eigenvalue weighted by atomic mass is 15.1. The van der Waals surface area contributed by atoms with Gasteiger partial charge in [-0.2, -0.15) is 0 Å². The summed E-state index contributed by atoms with van der Waals surface area (Å²) in [4.78, 5) is 2.68. The number of likely N-dealkylation sites (tertiary alicyclic amines) is 1. The Morgan fingerprint density at radius 1 is 1.00 bits per heavy atom. The molecule has 2 heteroatoms. The van der Waals surface area contributed by atoms with Crippen molar-refractivity contribution in [1.29, 1.82) is 0 Å². The highest BCUT2D eigenvalue weighted by Crippen LogP contribution is 2.19. The molecular formula is C15H32N2. The van der Waals surface area contributed by atoms with Crippen molar-refractivity contribution in [3.63, 3.8) is 0 Å². The summed E-state index contributed by atoms with van der Waals surface area (Å²) in [6, 6.07) is 0.599. The van der Waals surface area contributed by atoms with Crippen LogP contribution in [0.3, 0.4) is 0 Å². The van der Waals surface area contributed by atoms with Crippen LogP contribution in [0.2, 0.25) is 0 Å². The van der Waals surface area contributed by atoms with Gasteiger partial charge in [0, 0.05) is 19.1 Å². The van der Waals surface area contributed by atoms with Crippen molar-refractivity contribution in [3.05, 3.63) is 0 Å². The first kappa shape index (κ1) is 15.0. The molecule has 1 rings (SSSR count). The lowest BCUT2D eigenvalue weighted by Gasteiger charge is -2.34. The molecule has 0 bridgehead atoms. The molecule has 0 aliphatic carbocycles. The lowest BCUT2D eigenvalue weighted by molar-refractivity contribution is 0.160. The zero-order valence-corrected chi connectivity index (χ0v) is 12.4. The van der Waals surface area contributed by atoms with Crippen LogP contribution in [0.4, 0.5) is 0 Å². The first-order valence-corrected chi connectivity index (χ1v) is 7.45. The van der Waals surface area contributed by atoms with Gasteiger partial charge >= 0.3 is 0 Å². The molecule has 0 amide bonds. The molecular weight excluding hydrogens is 208 g/mol. The Balaban J connectivity index is 2.32. The van der Waals surface area contributed by atoms with Gasteiger partial charge in [0.25, 0.3) is 0 Å². The molecule has 0 aromatic carbocycles. The fraction of sp³-hybridized carbons (Fsp3) is 1.00. The second-order valence-corrected chi connectivity index (χ2v) is 6.74. The van der Waals surface area contributed by atoms with Crippen molar-refractivity contribution in [1.82, 2.24) is 10.2 Å². The summed E-state index contributed by atoms with van der Waals surface area (Å²) in [7, 11) is 0. The number of nitrogens with zero attached hydrogens (tertiary/aromatic N) is 1. The molecule has 0 saturated carbocycles. The Hall–Kier alpha value is -0.0800. The monoisotopic (exact) mass is 240 g/mol. The van der Waals surface area contributed by atoms with Crippen LogP contribution < -0.4 is 5.32 Å². The predicted octanol–water partition coefficient (Wildman–Crippen LogP) is 3.28. The summed E-state index contributed by atoms with van der Waals surface area (Å²) >= 11 is 0. The molecule has 1 aliphatic rings. The molecule has 17 heavy (non-hydrogen) atoms. The molecule has 1 heterocycles. The van der Waals surface area contributed by atoms with E-state index in [1.807, 2.05) is 0 Å². The normalized spacial score (nSPS) is 20.3. The van der Waals surface area contributed by atoms with E-state index >= 15 is 0 Å². The molecule has 1 saturated heterocycles. The topological polar surface area (TPSA) is 15.3 Å². The number of hydrogen-bond acceptors (Lipinski definition) is 2. The van der Waals surface area contributed by atoms with Gasteiger partial charge in [0.2, 0.25) is 0 Å². The SMILES string of the molecule is CC(C)NCC(C)(C)CN1CCCCCCC1. The number of rotatable bonds is 5. The Bertz CT molecular complexity index is 191. The van der Waals surface area contributed by atoms with Crippen molar-refractivity contribution in [2.24, 2.45) is 5.41 Å². The van der Waals surface area contributed by atoms with Crippen molar-refractivity contribution in [2.45, 2.75) is 65.8 Å². The molecule has 0 radical (unpaired) electrons. The van der Waals surface area contributed by atoms with Crippen LogP contribution in [0.15, 0.2) is 0 Å². The molecule has 1 fully saturated rings. The van der Waals surface area contributed by atoms with Crippen LogP contribution in [0.5, 0.6) is 0 Å². The Labute approximate surface area is 108 Å². The molecule has 0 spiro atoms. The zero-order valence-electron chi connectivity index (χ0n) is 12.4. The molecule has 102 valence electrons. The smallest absolute Gasteiger partial charge is 0.00448 e. The third kappa shape index (κ3) is 7.05. The summed E-state index contributed by atoms with van der Waals surface area (Å²) in [5.41, 5.74) is 0.392. The molecule has 0 unspecified atom stereocenters. The van der Waals surface area contributed by atoms with Gasteiger partial charge in [-0.25, -0.2) is 0 Å². The first-order chi connectivity index (χ1) is 7.99. The fourth-order valence-electron chi connectivity index (χ4n) is 2.61. The van der Waals surface area contributed by atoms with E-state index in [2.05, 4.69) is 37.9 Å². The van der Waals surface area contributed by atoms with E-state index < -0.39 is 0 Å². The van der Waals surface area contributed by atoms with Crippen LogP contribution in [-0.2, 0) is 0 Å². The van der Waals surface area contributed by atoms with Crippen LogP contribution in [0, 0.1) is 5.41 Å². The van der Waals surface area contributed by atoms with Gasteiger partial charge in [-0.3, -0.25) is 0 Å².